The van der Waals surface area contributed by atoms with Crippen LogP contribution < -0.4 is 5.73 Å². The predicted molar refractivity (Wildman–Crippen MR) is 58.8 cm³/mol. The summed E-state index contributed by atoms with van der Waals surface area (Å²) in [5.74, 6) is 0.789. The fourth-order valence-corrected chi connectivity index (χ4v) is 1.91. The summed E-state index contributed by atoms with van der Waals surface area (Å²) in [5.41, 5.74) is 5.49. The van der Waals surface area contributed by atoms with E-state index in [-0.39, 0.29) is 6.10 Å². The molecular weight excluding hydrogens is 182 g/mol. The molecule has 76 valence electrons. The molecule has 1 aliphatic rings. The van der Waals surface area contributed by atoms with Crippen LogP contribution in [0.25, 0.3) is 0 Å². The molecule has 0 radical (unpaired) electrons. The Morgan fingerprint density at radius 1 is 1.54 bits per heavy atom. The van der Waals surface area contributed by atoms with Crippen molar-refractivity contribution in [1.82, 2.24) is 0 Å². The highest BCUT2D eigenvalue weighted by molar-refractivity contribution is 7.80. The van der Waals surface area contributed by atoms with Crippen molar-refractivity contribution in [1.29, 1.82) is 0 Å². The second-order valence-electron chi connectivity index (χ2n) is 4.07. The third-order valence-corrected chi connectivity index (χ3v) is 3.02. The van der Waals surface area contributed by atoms with Crippen LogP contribution in [0.3, 0.4) is 0 Å². The summed E-state index contributed by atoms with van der Waals surface area (Å²) in [6.45, 7) is 4.21. The maximum absolute atomic E-state index is 5.76. The normalized spacial score (nSPS) is 31.2. The summed E-state index contributed by atoms with van der Waals surface area (Å²) in [4.78, 5) is 0.471. The summed E-state index contributed by atoms with van der Waals surface area (Å²) in [5, 5.41) is 0. The number of ether oxygens (including phenoxy) is 1. The standard InChI is InChI=1S/C10H19NOS/c1-7-4-3-5-9(6-7)12-8(2)10(11)13/h7-9H,3-6H2,1-2H3,(H2,11,13). The van der Waals surface area contributed by atoms with E-state index < -0.39 is 0 Å². The van der Waals surface area contributed by atoms with Crippen molar-refractivity contribution in [2.75, 3.05) is 0 Å². The molecule has 0 bridgehead atoms. The zero-order valence-electron chi connectivity index (χ0n) is 8.45. The molecule has 2 nitrogen and oxygen atoms in total. The maximum Gasteiger partial charge on any atom is 0.105 e. The van der Waals surface area contributed by atoms with Crippen LogP contribution in [0.4, 0.5) is 0 Å². The molecule has 3 unspecified atom stereocenters. The van der Waals surface area contributed by atoms with Gasteiger partial charge in [-0.05, 0) is 25.7 Å². The van der Waals surface area contributed by atoms with Crippen molar-refractivity contribution < 1.29 is 4.74 Å². The molecule has 0 spiro atoms. The van der Waals surface area contributed by atoms with Crippen molar-refractivity contribution >= 4 is 17.2 Å². The molecule has 0 heterocycles. The molecular formula is C10H19NOS. The highest BCUT2D eigenvalue weighted by Crippen LogP contribution is 2.26. The van der Waals surface area contributed by atoms with Gasteiger partial charge in [-0.1, -0.05) is 32.0 Å². The molecule has 0 saturated heterocycles. The monoisotopic (exact) mass is 201 g/mol. The summed E-state index contributed by atoms with van der Waals surface area (Å²) < 4.78 is 5.76. The fourth-order valence-electron chi connectivity index (χ4n) is 1.86. The van der Waals surface area contributed by atoms with E-state index in [1.54, 1.807) is 0 Å². The summed E-state index contributed by atoms with van der Waals surface area (Å²) in [7, 11) is 0. The van der Waals surface area contributed by atoms with Gasteiger partial charge in [-0.25, -0.2) is 0 Å². The van der Waals surface area contributed by atoms with Gasteiger partial charge in [-0.2, -0.15) is 0 Å². The van der Waals surface area contributed by atoms with Crippen molar-refractivity contribution in [3.63, 3.8) is 0 Å². The van der Waals surface area contributed by atoms with Gasteiger partial charge in [0.2, 0.25) is 0 Å². The molecule has 1 fully saturated rings. The summed E-state index contributed by atoms with van der Waals surface area (Å²) >= 11 is 4.87. The predicted octanol–water partition coefficient (Wildman–Crippen LogP) is 2.26. The van der Waals surface area contributed by atoms with Gasteiger partial charge in [0.15, 0.2) is 0 Å². The molecule has 2 N–H and O–H groups in total. The third-order valence-electron chi connectivity index (χ3n) is 2.69. The lowest BCUT2D eigenvalue weighted by Crippen LogP contribution is -2.33. The Hall–Kier alpha value is -0.150. The van der Waals surface area contributed by atoms with E-state index in [1.165, 1.54) is 12.8 Å². The molecule has 0 aromatic heterocycles. The molecule has 0 aromatic carbocycles. The van der Waals surface area contributed by atoms with Gasteiger partial charge in [0.25, 0.3) is 0 Å². The van der Waals surface area contributed by atoms with Gasteiger partial charge in [-0.15, -0.1) is 0 Å². The summed E-state index contributed by atoms with van der Waals surface area (Å²) in [6, 6.07) is 0. The maximum atomic E-state index is 5.76. The first-order valence-electron chi connectivity index (χ1n) is 5.04. The topological polar surface area (TPSA) is 35.2 Å². The molecule has 0 aliphatic heterocycles. The zero-order chi connectivity index (χ0) is 9.84. The first kappa shape index (κ1) is 10.9. The van der Waals surface area contributed by atoms with Crippen molar-refractivity contribution in [2.45, 2.75) is 51.7 Å². The summed E-state index contributed by atoms with van der Waals surface area (Å²) in [6.07, 6.45) is 5.24. The van der Waals surface area contributed by atoms with Gasteiger partial charge in [0.05, 0.1) is 6.10 Å². The SMILES string of the molecule is CC1CCCC(OC(C)C(N)=S)C1. The second kappa shape index (κ2) is 4.91. The minimum atomic E-state index is -0.0645. The fraction of sp³-hybridized carbons (Fsp3) is 0.900. The molecule has 13 heavy (non-hydrogen) atoms. The van der Waals surface area contributed by atoms with Gasteiger partial charge < -0.3 is 10.5 Å². The molecule has 1 saturated carbocycles. The zero-order valence-corrected chi connectivity index (χ0v) is 9.27. The van der Waals surface area contributed by atoms with Gasteiger partial charge in [-0.3, -0.25) is 0 Å². The average molecular weight is 201 g/mol. The number of hydrogen-bond acceptors (Lipinski definition) is 2. The Bertz CT molecular complexity index is 184. The van der Waals surface area contributed by atoms with Crippen molar-refractivity contribution in [3.05, 3.63) is 0 Å². The van der Waals surface area contributed by atoms with Crippen molar-refractivity contribution in [2.24, 2.45) is 11.7 Å². The van der Waals surface area contributed by atoms with Crippen LogP contribution in [-0.4, -0.2) is 17.2 Å². The van der Waals surface area contributed by atoms with E-state index in [1.807, 2.05) is 6.92 Å². The first-order valence-corrected chi connectivity index (χ1v) is 5.45. The minimum Gasteiger partial charge on any atom is -0.391 e. The molecule has 0 aromatic rings. The lowest BCUT2D eigenvalue weighted by molar-refractivity contribution is -0.00110. The minimum absolute atomic E-state index is 0.0645. The van der Waals surface area contributed by atoms with E-state index in [0.29, 0.717) is 11.1 Å². The van der Waals surface area contributed by atoms with E-state index in [9.17, 15) is 0 Å². The van der Waals surface area contributed by atoms with E-state index in [4.69, 9.17) is 22.7 Å². The van der Waals surface area contributed by atoms with E-state index in [0.717, 1.165) is 18.8 Å². The number of nitrogens with two attached hydrogens (primary N) is 1. The van der Waals surface area contributed by atoms with E-state index in [2.05, 4.69) is 6.92 Å². The van der Waals surface area contributed by atoms with Gasteiger partial charge in [0, 0.05) is 0 Å². The van der Waals surface area contributed by atoms with Gasteiger partial charge >= 0.3 is 0 Å². The van der Waals surface area contributed by atoms with Crippen LogP contribution in [0, 0.1) is 5.92 Å². The number of thiocarbonyl (C=S) groups is 1. The van der Waals surface area contributed by atoms with Gasteiger partial charge in [0.1, 0.15) is 11.1 Å². The molecule has 1 aliphatic carbocycles. The Balaban J connectivity index is 2.31. The van der Waals surface area contributed by atoms with Crippen LogP contribution in [0.1, 0.15) is 39.5 Å². The van der Waals surface area contributed by atoms with Crippen LogP contribution >= 0.6 is 12.2 Å². The number of rotatable bonds is 3. The third kappa shape index (κ3) is 3.61. The highest BCUT2D eigenvalue weighted by Gasteiger charge is 2.21. The Morgan fingerprint density at radius 3 is 2.77 bits per heavy atom. The Labute approximate surface area is 85.8 Å². The molecule has 1 rings (SSSR count). The quantitative estimate of drug-likeness (QED) is 0.711. The lowest BCUT2D eigenvalue weighted by Gasteiger charge is -2.28. The Kier molecular flexibility index (Phi) is 4.13. The Morgan fingerprint density at radius 2 is 2.23 bits per heavy atom. The molecule has 3 heteroatoms. The first-order chi connectivity index (χ1) is 6.09. The van der Waals surface area contributed by atoms with Crippen LogP contribution in [0.5, 0.6) is 0 Å². The highest BCUT2D eigenvalue weighted by atomic mass is 32.1. The molecule has 3 atom stereocenters. The van der Waals surface area contributed by atoms with Crippen LogP contribution in [0.2, 0.25) is 0 Å². The van der Waals surface area contributed by atoms with Crippen LogP contribution in [0.15, 0.2) is 0 Å². The number of hydrogen-bond donors (Lipinski definition) is 1. The smallest absolute Gasteiger partial charge is 0.105 e. The lowest BCUT2D eigenvalue weighted by atomic mass is 9.88. The van der Waals surface area contributed by atoms with Crippen LogP contribution in [-0.2, 0) is 4.74 Å². The average Bonchev–Trinajstić information content (AvgIpc) is 2.04. The molecule has 0 amide bonds. The largest absolute Gasteiger partial charge is 0.391 e. The second-order valence-corrected chi connectivity index (χ2v) is 4.55. The van der Waals surface area contributed by atoms with E-state index >= 15 is 0 Å². The van der Waals surface area contributed by atoms with Crippen molar-refractivity contribution in [3.8, 4) is 0 Å².